The molecular weight excluding hydrogens is 486 g/mol. The zero-order valence-electron chi connectivity index (χ0n) is 20.5. The Balaban J connectivity index is 1.40. The molecule has 188 valence electrons. The maximum absolute atomic E-state index is 13.2. The summed E-state index contributed by atoms with van der Waals surface area (Å²) >= 11 is 1.39. The van der Waals surface area contributed by atoms with E-state index >= 15 is 0 Å². The van der Waals surface area contributed by atoms with Crippen LogP contribution in [0.1, 0.15) is 32.6 Å². The Morgan fingerprint density at radius 2 is 1.84 bits per heavy atom. The molecule has 3 heterocycles. The van der Waals surface area contributed by atoms with Crippen LogP contribution < -0.4 is 5.56 Å². The van der Waals surface area contributed by atoms with Gasteiger partial charge in [0.15, 0.2) is 5.69 Å². The molecule has 0 saturated heterocycles. The van der Waals surface area contributed by atoms with Crippen LogP contribution in [0.25, 0.3) is 32.2 Å². The van der Waals surface area contributed by atoms with Crippen molar-refractivity contribution >= 4 is 44.1 Å². The van der Waals surface area contributed by atoms with Gasteiger partial charge in [-0.05, 0) is 18.1 Å². The normalized spacial score (nSPS) is 11.7. The summed E-state index contributed by atoms with van der Waals surface area (Å²) in [6.07, 6.45) is 5.64. The van der Waals surface area contributed by atoms with Gasteiger partial charge in [0.2, 0.25) is 5.88 Å². The molecule has 1 amide bonds. The molecule has 3 aromatic heterocycles. The van der Waals surface area contributed by atoms with Crippen molar-refractivity contribution < 1.29 is 9.90 Å². The zero-order chi connectivity index (χ0) is 25.8. The van der Waals surface area contributed by atoms with E-state index in [1.165, 1.54) is 22.2 Å². The predicted octanol–water partition coefficient (Wildman–Crippen LogP) is 6.68. The molecule has 0 aliphatic heterocycles. The Morgan fingerprint density at radius 1 is 1.05 bits per heavy atom. The fourth-order valence-electron chi connectivity index (χ4n) is 4.49. The van der Waals surface area contributed by atoms with Crippen molar-refractivity contribution in [3.8, 4) is 17.0 Å². The van der Waals surface area contributed by atoms with Crippen molar-refractivity contribution in [2.45, 2.75) is 45.7 Å². The van der Waals surface area contributed by atoms with Gasteiger partial charge in [-0.15, -0.1) is 21.6 Å². The number of amides is 1. The minimum absolute atomic E-state index is 0.0136. The number of unbranched alkanes of at least 4 members (excludes halogenated alkanes) is 3. The van der Waals surface area contributed by atoms with Gasteiger partial charge in [0.25, 0.3) is 11.5 Å². The SMILES string of the molecule is CCCCCCn1c(O)c(N=NC(=O)Cn2cnc3scc(-c4ccccc4)c3c2=O)c2ccccc21. The number of hydrogen-bond acceptors (Lipinski definition) is 6. The van der Waals surface area contributed by atoms with Crippen molar-refractivity contribution in [3.05, 3.63) is 76.7 Å². The first-order valence-electron chi connectivity index (χ1n) is 12.3. The van der Waals surface area contributed by atoms with Crippen molar-refractivity contribution in [1.82, 2.24) is 14.1 Å². The van der Waals surface area contributed by atoms with E-state index in [4.69, 9.17) is 0 Å². The summed E-state index contributed by atoms with van der Waals surface area (Å²) in [5.41, 5.74) is 2.50. The third kappa shape index (κ3) is 4.95. The lowest BCUT2D eigenvalue weighted by Crippen LogP contribution is -2.23. The molecule has 0 spiro atoms. The van der Waals surface area contributed by atoms with Crippen LogP contribution in [0.3, 0.4) is 0 Å². The summed E-state index contributed by atoms with van der Waals surface area (Å²) in [7, 11) is 0. The quantitative estimate of drug-likeness (QED) is 0.175. The molecule has 5 aromatic rings. The van der Waals surface area contributed by atoms with Gasteiger partial charge in [0.05, 0.1) is 17.2 Å². The summed E-state index contributed by atoms with van der Waals surface area (Å²) in [5.74, 6) is -0.626. The first-order chi connectivity index (χ1) is 18.1. The van der Waals surface area contributed by atoms with E-state index in [-0.39, 0.29) is 23.7 Å². The van der Waals surface area contributed by atoms with E-state index < -0.39 is 5.91 Å². The van der Waals surface area contributed by atoms with Crippen LogP contribution in [0.15, 0.2) is 81.3 Å². The number of fused-ring (bicyclic) bond motifs is 2. The molecule has 5 rings (SSSR count). The lowest BCUT2D eigenvalue weighted by molar-refractivity contribution is -0.118. The Morgan fingerprint density at radius 3 is 2.65 bits per heavy atom. The molecule has 9 heteroatoms. The summed E-state index contributed by atoms with van der Waals surface area (Å²) in [4.78, 5) is 31.0. The van der Waals surface area contributed by atoms with Gasteiger partial charge in [-0.3, -0.25) is 14.2 Å². The number of rotatable bonds is 9. The number of carbonyl (C=O) groups is 1. The number of aryl methyl sites for hydroxylation is 1. The number of thiophene rings is 1. The van der Waals surface area contributed by atoms with E-state index in [0.717, 1.165) is 47.7 Å². The van der Waals surface area contributed by atoms with Gasteiger partial charge < -0.3 is 9.67 Å². The lowest BCUT2D eigenvalue weighted by Gasteiger charge is -2.06. The second-order valence-electron chi connectivity index (χ2n) is 8.87. The van der Waals surface area contributed by atoms with Crippen molar-refractivity contribution in [3.63, 3.8) is 0 Å². The summed E-state index contributed by atoms with van der Waals surface area (Å²) in [5, 5.41) is 21.9. The highest BCUT2D eigenvalue weighted by molar-refractivity contribution is 7.17. The van der Waals surface area contributed by atoms with Crippen LogP contribution in [0.5, 0.6) is 5.88 Å². The Labute approximate surface area is 217 Å². The van der Waals surface area contributed by atoms with E-state index in [0.29, 0.717) is 16.8 Å². The van der Waals surface area contributed by atoms with Crippen LogP contribution in [0, 0.1) is 0 Å². The molecule has 8 nitrogen and oxygen atoms in total. The van der Waals surface area contributed by atoms with Crippen LogP contribution in [-0.4, -0.2) is 25.1 Å². The molecule has 0 atom stereocenters. The molecule has 1 N–H and O–H groups in total. The molecule has 0 saturated carbocycles. The smallest absolute Gasteiger partial charge is 0.284 e. The topological polar surface area (TPSA) is 102 Å². The first-order valence-corrected chi connectivity index (χ1v) is 13.2. The molecular formula is C28H27N5O3S. The third-order valence-corrected chi connectivity index (χ3v) is 7.25. The van der Waals surface area contributed by atoms with E-state index in [1.807, 2.05) is 64.5 Å². The molecule has 0 bridgehead atoms. The monoisotopic (exact) mass is 513 g/mol. The van der Waals surface area contributed by atoms with Gasteiger partial charge in [-0.2, -0.15) is 0 Å². The number of aromatic nitrogens is 3. The van der Waals surface area contributed by atoms with Crippen molar-refractivity contribution in [2.75, 3.05) is 0 Å². The Kier molecular flexibility index (Phi) is 7.23. The molecule has 0 unspecified atom stereocenters. The number of para-hydroxylation sites is 1. The van der Waals surface area contributed by atoms with Gasteiger partial charge in [0.1, 0.15) is 11.4 Å². The van der Waals surface area contributed by atoms with Crippen molar-refractivity contribution in [1.29, 1.82) is 0 Å². The fraction of sp³-hybridized carbons (Fsp3) is 0.250. The number of benzene rings is 2. The second kappa shape index (κ2) is 10.9. The molecule has 37 heavy (non-hydrogen) atoms. The summed E-state index contributed by atoms with van der Waals surface area (Å²) < 4.78 is 3.06. The highest BCUT2D eigenvalue weighted by atomic mass is 32.1. The molecule has 0 fully saturated rings. The minimum Gasteiger partial charge on any atom is -0.493 e. The number of aromatic hydroxyl groups is 1. The largest absolute Gasteiger partial charge is 0.493 e. The van der Waals surface area contributed by atoms with Gasteiger partial charge in [0, 0.05) is 22.9 Å². The molecule has 0 aliphatic carbocycles. The van der Waals surface area contributed by atoms with Crippen LogP contribution >= 0.6 is 11.3 Å². The first kappa shape index (κ1) is 24.6. The predicted molar refractivity (Wildman–Crippen MR) is 147 cm³/mol. The number of azo groups is 1. The van der Waals surface area contributed by atoms with Crippen LogP contribution in [0.4, 0.5) is 5.69 Å². The van der Waals surface area contributed by atoms with Crippen molar-refractivity contribution in [2.24, 2.45) is 10.2 Å². The average Bonchev–Trinajstić information content (AvgIpc) is 3.47. The average molecular weight is 514 g/mol. The molecule has 0 radical (unpaired) electrons. The maximum Gasteiger partial charge on any atom is 0.284 e. The Bertz CT molecular complexity index is 1650. The second-order valence-corrected chi connectivity index (χ2v) is 9.73. The number of carbonyl (C=O) groups excluding carboxylic acids is 1. The minimum atomic E-state index is -0.612. The molecule has 2 aromatic carbocycles. The number of hydrogen-bond donors (Lipinski definition) is 1. The van der Waals surface area contributed by atoms with Gasteiger partial charge >= 0.3 is 0 Å². The van der Waals surface area contributed by atoms with Crippen LogP contribution in [-0.2, 0) is 17.9 Å². The van der Waals surface area contributed by atoms with E-state index in [9.17, 15) is 14.7 Å². The zero-order valence-corrected chi connectivity index (χ0v) is 21.3. The summed E-state index contributed by atoms with van der Waals surface area (Å²) in [6.45, 7) is 2.51. The van der Waals surface area contributed by atoms with E-state index in [1.54, 1.807) is 0 Å². The summed E-state index contributed by atoms with van der Waals surface area (Å²) in [6, 6.07) is 17.1. The lowest BCUT2D eigenvalue weighted by atomic mass is 10.1. The number of nitrogens with zero attached hydrogens (tertiary/aromatic N) is 5. The fourth-order valence-corrected chi connectivity index (χ4v) is 5.39. The van der Waals surface area contributed by atoms with E-state index in [2.05, 4.69) is 22.1 Å². The van der Waals surface area contributed by atoms with Gasteiger partial charge in [-0.1, -0.05) is 74.7 Å². The highest BCUT2D eigenvalue weighted by Gasteiger charge is 2.18. The van der Waals surface area contributed by atoms with Gasteiger partial charge in [-0.25, -0.2) is 4.98 Å². The van der Waals surface area contributed by atoms with Crippen LogP contribution in [0.2, 0.25) is 0 Å². The third-order valence-electron chi connectivity index (χ3n) is 6.37. The maximum atomic E-state index is 13.2. The Hall–Kier alpha value is -4.11. The highest BCUT2D eigenvalue weighted by Crippen LogP contribution is 2.39. The standard InChI is InChI=1S/C28H27N5O3S/c1-2-3-4-10-15-33-22-14-9-8-13-20(22)25(28(33)36)31-30-23(34)16-32-18-29-26-24(27(32)35)21(17-37-26)19-11-6-5-7-12-19/h5-9,11-14,17-18,36H,2-4,10,15-16H2,1H3. The molecule has 0 aliphatic rings.